The van der Waals surface area contributed by atoms with E-state index in [2.05, 4.69) is 50.4 Å². The Labute approximate surface area is 176 Å². The molecule has 1 aromatic heterocycles. The van der Waals surface area contributed by atoms with Crippen LogP contribution in [-0.2, 0) is 11.2 Å². The fourth-order valence-corrected chi connectivity index (χ4v) is 4.05. The topological polar surface area (TPSA) is 48.5 Å². The van der Waals surface area contributed by atoms with Crippen LogP contribution in [0.1, 0.15) is 18.2 Å². The Kier molecular flexibility index (Phi) is 5.95. The van der Waals surface area contributed by atoms with E-state index in [4.69, 9.17) is 0 Å². The number of carbonyl (C=O) groups excluding carboxylic acids is 1. The van der Waals surface area contributed by atoms with Crippen molar-refractivity contribution in [2.45, 2.75) is 20.3 Å². The van der Waals surface area contributed by atoms with Crippen molar-refractivity contribution in [1.29, 1.82) is 0 Å². The molecule has 156 valence electrons. The van der Waals surface area contributed by atoms with E-state index in [1.165, 1.54) is 24.1 Å². The molecule has 0 unspecified atom stereocenters. The summed E-state index contributed by atoms with van der Waals surface area (Å²) in [5.74, 6) is -0.372. The molecule has 1 amide bonds. The Morgan fingerprint density at radius 3 is 2.67 bits per heavy atom. The molecule has 1 saturated heterocycles. The Bertz CT molecular complexity index is 1060. The largest absolute Gasteiger partial charge is 0.368 e. The second kappa shape index (κ2) is 8.79. The monoisotopic (exact) mass is 406 g/mol. The number of anilines is 2. The average molecular weight is 407 g/mol. The van der Waals surface area contributed by atoms with E-state index >= 15 is 0 Å². The van der Waals surface area contributed by atoms with Gasteiger partial charge in [0.1, 0.15) is 5.82 Å². The maximum atomic E-state index is 14.2. The van der Waals surface area contributed by atoms with Gasteiger partial charge in [0.05, 0.1) is 5.52 Å². The highest BCUT2D eigenvalue weighted by Crippen LogP contribution is 2.27. The van der Waals surface area contributed by atoms with Crippen molar-refractivity contribution in [2.75, 3.05) is 42.9 Å². The number of piperazine rings is 1. The van der Waals surface area contributed by atoms with Crippen molar-refractivity contribution in [3.8, 4) is 0 Å². The van der Waals surface area contributed by atoms with Crippen LogP contribution in [0.5, 0.6) is 0 Å². The van der Waals surface area contributed by atoms with Crippen LogP contribution >= 0.6 is 0 Å². The molecule has 0 aliphatic carbocycles. The van der Waals surface area contributed by atoms with Crippen LogP contribution in [0, 0.1) is 12.7 Å². The molecule has 0 saturated carbocycles. The van der Waals surface area contributed by atoms with Gasteiger partial charge in [-0.15, -0.1) is 0 Å². The Morgan fingerprint density at radius 2 is 1.90 bits per heavy atom. The molecule has 30 heavy (non-hydrogen) atoms. The van der Waals surface area contributed by atoms with Crippen LogP contribution in [0.4, 0.5) is 15.8 Å². The molecule has 1 aliphatic heterocycles. The minimum atomic E-state index is -0.221. The second-order valence-corrected chi connectivity index (χ2v) is 7.86. The number of nitrogens with zero attached hydrogens (tertiary/aromatic N) is 3. The molecule has 0 bridgehead atoms. The lowest BCUT2D eigenvalue weighted by Crippen LogP contribution is -2.47. The SMILES string of the molecule is CC(=O)Nc1ccc(F)c(CCN2CCN(c3cccc4nc(C)ccc34)CC2)c1. The van der Waals surface area contributed by atoms with E-state index < -0.39 is 0 Å². The molecule has 3 aromatic rings. The quantitative estimate of drug-likeness (QED) is 0.696. The number of fused-ring (bicyclic) bond motifs is 1. The van der Waals surface area contributed by atoms with Crippen LogP contribution < -0.4 is 10.2 Å². The number of aryl methyl sites for hydroxylation is 1. The minimum Gasteiger partial charge on any atom is -0.368 e. The van der Waals surface area contributed by atoms with Crippen LogP contribution in [0.25, 0.3) is 10.9 Å². The summed E-state index contributed by atoms with van der Waals surface area (Å²) in [4.78, 5) is 20.7. The number of halogens is 1. The molecule has 5 nitrogen and oxygen atoms in total. The van der Waals surface area contributed by atoms with Crippen LogP contribution in [-0.4, -0.2) is 48.5 Å². The smallest absolute Gasteiger partial charge is 0.221 e. The van der Waals surface area contributed by atoms with Gasteiger partial charge in [0.15, 0.2) is 0 Å². The Hall–Kier alpha value is -2.99. The predicted molar refractivity (Wildman–Crippen MR) is 120 cm³/mol. The van der Waals surface area contributed by atoms with E-state index in [-0.39, 0.29) is 11.7 Å². The van der Waals surface area contributed by atoms with E-state index in [0.717, 1.165) is 43.9 Å². The lowest BCUT2D eigenvalue weighted by atomic mass is 10.1. The van der Waals surface area contributed by atoms with E-state index in [1.54, 1.807) is 12.1 Å². The molecular weight excluding hydrogens is 379 g/mol. The molecule has 0 atom stereocenters. The number of rotatable bonds is 5. The van der Waals surface area contributed by atoms with Crippen molar-refractivity contribution in [1.82, 2.24) is 9.88 Å². The molecule has 1 N–H and O–H groups in total. The predicted octanol–water partition coefficient (Wildman–Crippen LogP) is 4.01. The van der Waals surface area contributed by atoms with Crippen molar-refractivity contribution in [3.63, 3.8) is 0 Å². The zero-order valence-electron chi connectivity index (χ0n) is 17.5. The first-order valence-electron chi connectivity index (χ1n) is 10.4. The third kappa shape index (κ3) is 4.60. The van der Waals surface area contributed by atoms with Crippen molar-refractivity contribution >= 4 is 28.2 Å². The zero-order chi connectivity index (χ0) is 21.1. The van der Waals surface area contributed by atoms with Gasteiger partial charge in [-0.2, -0.15) is 0 Å². The van der Waals surface area contributed by atoms with Crippen molar-refractivity contribution in [2.24, 2.45) is 0 Å². The van der Waals surface area contributed by atoms with Gasteiger partial charge < -0.3 is 10.2 Å². The van der Waals surface area contributed by atoms with Gasteiger partial charge in [-0.25, -0.2) is 4.39 Å². The highest BCUT2D eigenvalue weighted by molar-refractivity contribution is 5.92. The molecular formula is C24H27FN4O. The fraction of sp³-hybridized carbons (Fsp3) is 0.333. The summed E-state index contributed by atoms with van der Waals surface area (Å²) < 4.78 is 14.2. The van der Waals surface area contributed by atoms with Crippen LogP contribution in [0.2, 0.25) is 0 Å². The maximum absolute atomic E-state index is 14.2. The number of hydrogen-bond donors (Lipinski definition) is 1. The first kappa shape index (κ1) is 20.3. The molecule has 6 heteroatoms. The molecule has 0 spiro atoms. The van der Waals surface area contributed by atoms with Gasteiger partial charge in [0.25, 0.3) is 0 Å². The second-order valence-electron chi connectivity index (χ2n) is 7.86. The van der Waals surface area contributed by atoms with Crippen molar-refractivity contribution in [3.05, 3.63) is 65.6 Å². The van der Waals surface area contributed by atoms with Gasteiger partial charge in [0.2, 0.25) is 5.91 Å². The third-order valence-corrected chi connectivity index (χ3v) is 5.62. The highest BCUT2D eigenvalue weighted by Gasteiger charge is 2.19. The summed E-state index contributed by atoms with van der Waals surface area (Å²) in [6.07, 6.45) is 0.622. The first-order valence-corrected chi connectivity index (χ1v) is 10.4. The lowest BCUT2D eigenvalue weighted by molar-refractivity contribution is -0.114. The normalized spacial score (nSPS) is 14.8. The minimum absolute atomic E-state index is 0.150. The summed E-state index contributed by atoms with van der Waals surface area (Å²) in [5, 5.41) is 3.91. The summed E-state index contributed by atoms with van der Waals surface area (Å²) in [6, 6.07) is 15.3. The number of nitrogens with one attached hydrogen (secondary N) is 1. The third-order valence-electron chi connectivity index (χ3n) is 5.62. The molecule has 0 radical (unpaired) electrons. The number of pyridine rings is 1. The van der Waals surface area contributed by atoms with Gasteiger partial charge in [-0.3, -0.25) is 14.7 Å². The highest BCUT2D eigenvalue weighted by atomic mass is 19.1. The van der Waals surface area contributed by atoms with Crippen LogP contribution in [0.15, 0.2) is 48.5 Å². The first-order chi connectivity index (χ1) is 14.5. The van der Waals surface area contributed by atoms with Crippen LogP contribution in [0.3, 0.4) is 0 Å². The standard InChI is InChI=1S/C24H27FN4O/c1-17-6-8-21-23(26-17)4-3-5-24(21)29-14-12-28(13-15-29)11-10-19-16-20(27-18(2)30)7-9-22(19)25/h3-9,16H,10-15H2,1-2H3,(H,27,30). The number of aromatic nitrogens is 1. The zero-order valence-corrected chi connectivity index (χ0v) is 17.5. The van der Waals surface area contributed by atoms with Gasteiger partial charge >= 0.3 is 0 Å². The number of benzene rings is 2. The van der Waals surface area contributed by atoms with Gasteiger partial charge in [-0.05, 0) is 61.4 Å². The average Bonchev–Trinajstić information content (AvgIpc) is 2.73. The summed E-state index contributed by atoms with van der Waals surface area (Å²) in [6.45, 7) is 7.99. The fourth-order valence-electron chi connectivity index (χ4n) is 4.05. The van der Waals surface area contributed by atoms with Crippen molar-refractivity contribution < 1.29 is 9.18 Å². The number of carbonyl (C=O) groups is 1. The van der Waals surface area contributed by atoms with E-state index in [1.807, 2.05) is 6.92 Å². The summed E-state index contributed by atoms with van der Waals surface area (Å²) >= 11 is 0. The molecule has 1 aliphatic rings. The molecule has 2 heterocycles. The summed E-state index contributed by atoms with van der Waals surface area (Å²) in [5.41, 5.74) is 4.57. The van der Waals surface area contributed by atoms with Gasteiger partial charge in [0, 0.05) is 62.1 Å². The van der Waals surface area contributed by atoms with Gasteiger partial charge in [-0.1, -0.05) is 6.07 Å². The summed E-state index contributed by atoms with van der Waals surface area (Å²) in [7, 11) is 0. The molecule has 1 fully saturated rings. The molecule has 4 rings (SSSR count). The Balaban J connectivity index is 1.37. The van der Waals surface area contributed by atoms with E-state index in [0.29, 0.717) is 17.7 Å². The maximum Gasteiger partial charge on any atom is 0.221 e. The Morgan fingerprint density at radius 1 is 1.10 bits per heavy atom. The number of hydrogen-bond acceptors (Lipinski definition) is 4. The van der Waals surface area contributed by atoms with E-state index in [9.17, 15) is 9.18 Å². The molecule has 2 aromatic carbocycles. The number of amides is 1. The lowest BCUT2D eigenvalue weighted by Gasteiger charge is -2.36.